The molecule has 1 saturated heterocycles. The zero-order chi connectivity index (χ0) is 14.3. The molecule has 0 saturated carbocycles. The lowest BCUT2D eigenvalue weighted by Gasteiger charge is -2.30. The highest BCUT2D eigenvalue weighted by Crippen LogP contribution is 2.13. The van der Waals surface area contributed by atoms with Crippen LogP contribution >= 0.6 is 0 Å². The average Bonchev–Trinajstić information content (AvgIpc) is 2.38. The van der Waals surface area contributed by atoms with E-state index in [2.05, 4.69) is 15.8 Å². The smallest absolute Gasteiger partial charge is 0.418 e. The summed E-state index contributed by atoms with van der Waals surface area (Å²) in [6.07, 6.45) is 6.63. The second-order valence-electron chi connectivity index (χ2n) is 3.85. The van der Waals surface area contributed by atoms with Gasteiger partial charge in [-0.1, -0.05) is 0 Å². The zero-order valence-corrected chi connectivity index (χ0v) is 10.1. The van der Waals surface area contributed by atoms with Gasteiger partial charge < -0.3 is 32.4 Å². The van der Waals surface area contributed by atoms with Gasteiger partial charge in [-0.3, -0.25) is 0 Å². The fourth-order valence-corrected chi connectivity index (χ4v) is 1.66. The molecule has 0 atom stereocenters. The van der Waals surface area contributed by atoms with Gasteiger partial charge in [0.25, 0.3) is 5.71 Å². The predicted octanol–water partition coefficient (Wildman–Crippen LogP) is 2.13. The zero-order valence-electron chi connectivity index (χ0n) is 10.1. The van der Waals surface area contributed by atoms with Crippen molar-refractivity contribution in [3.8, 4) is 0 Å². The molecule has 0 radical (unpaired) electrons. The Balaban J connectivity index is 0.000000312. The Morgan fingerprint density at radius 3 is 2.16 bits per heavy atom. The van der Waals surface area contributed by atoms with E-state index in [9.17, 15) is 17.3 Å². The third kappa shape index (κ3) is 6.78. The molecule has 9 heteroatoms. The van der Waals surface area contributed by atoms with Crippen LogP contribution in [0.1, 0.15) is 6.42 Å². The van der Waals surface area contributed by atoms with Gasteiger partial charge in [0.15, 0.2) is 0 Å². The Labute approximate surface area is 108 Å². The predicted molar refractivity (Wildman–Crippen MR) is 63.0 cm³/mol. The summed E-state index contributed by atoms with van der Waals surface area (Å²) >= 11 is 0. The lowest BCUT2D eigenvalue weighted by Crippen LogP contribution is -2.35. The third-order valence-corrected chi connectivity index (χ3v) is 2.47. The first-order valence-corrected chi connectivity index (χ1v) is 5.69. The Morgan fingerprint density at radius 1 is 1.16 bits per heavy atom. The third-order valence-electron chi connectivity index (χ3n) is 2.47. The Bertz CT molecular complexity index is 403. The van der Waals surface area contributed by atoms with Gasteiger partial charge in [0, 0.05) is 24.9 Å². The summed E-state index contributed by atoms with van der Waals surface area (Å²) in [5, 5.41) is 0. The van der Waals surface area contributed by atoms with Crippen LogP contribution < -0.4 is 0 Å². The van der Waals surface area contributed by atoms with Crippen LogP contribution in [0, 0.1) is 0 Å². The van der Waals surface area contributed by atoms with Crippen LogP contribution in [0.5, 0.6) is 0 Å². The first-order valence-electron chi connectivity index (χ1n) is 5.69. The molecule has 0 unspecified atom stereocenters. The average molecular weight is 278 g/mol. The topological polar surface area (TPSA) is 48.9 Å². The molecule has 2 rings (SSSR count). The van der Waals surface area contributed by atoms with E-state index in [1.807, 2.05) is 12.2 Å². The fourth-order valence-electron chi connectivity index (χ4n) is 1.66. The number of ether oxygens (including phenoxy) is 1. The van der Waals surface area contributed by atoms with Crippen molar-refractivity contribution in [2.75, 3.05) is 26.3 Å². The van der Waals surface area contributed by atoms with Gasteiger partial charge in [-0.15, -0.1) is 0 Å². The maximum absolute atomic E-state index is 9.75. The highest BCUT2D eigenvalue weighted by Gasteiger charge is 2.20. The first-order chi connectivity index (χ1) is 8.90. The number of nitrogens with zero attached hydrogens (tertiary/aromatic N) is 3. The maximum atomic E-state index is 9.75. The lowest BCUT2D eigenvalue weighted by molar-refractivity contribution is -0.00555. The summed E-state index contributed by atoms with van der Waals surface area (Å²) in [6, 6.07) is 0. The summed E-state index contributed by atoms with van der Waals surface area (Å²) in [5.74, 6) is 0. The molecular weight excluding hydrogens is 265 g/mol. The number of rotatable bonds is 1. The number of hydrogen-bond donors (Lipinski definition) is 0. The van der Waals surface area contributed by atoms with Crippen LogP contribution in [0.2, 0.25) is 0 Å². The van der Waals surface area contributed by atoms with Crippen molar-refractivity contribution in [3.05, 3.63) is 29.5 Å². The molecule has 19 heavy (non-hydrogen) atoms. The van der Waals surface area contributed by atoms with E-state index in [0.29, 0.717) is 12.1 Å². The first kappa shape index (κ1) is 15.5. The van der Waals surface area contributed by atoms with Crippen molar-refractivity contribution in [1.29, 1.82) is 0 Å². The summed E-state index contributed by atoms with van der Waals surface area (Å²) in [6.45, 7) is 3.49. The van der Waals surface area contributed by atoms with Gasteiger partial charge in [0.05, 0.1) is 19.6 Å². The maximum Gasteiger partial charge on any atom is 0.673 e. The monoisotopic (exact) mass is 278 g/mol. The van der Waals surface area contributed by atoms with Crippen LogP contribution in [-0.2, 0) is 4.74 Å². The van der Waals surface area contributed by atoms with Crippen molar-refractivity contribution in [1.82, 2.24) is 4.90 Å². The molecule has 1 aliphatic heterocycles. The quantitative estimate of drug-likeness (QED) is 0.319. The Hall–Kier alpha value is -1.60. The second kappa shape index (κ2) is 7.11. The molecule has 2 aliphatic rings. The normalized spacial score (nSPS) is 19.3. The highest BCUT2D eigenvalue weighted by atomic mass is 19.5. The molecule has 0 aromatic rings. The fraction of sp³-hybridized carbons (Fsp3) is 0.500. The highest BCUT2D eigenvalue weighted by molar-refractivity contribution is 6.50. The minimum atomic E-state index is -6.00. The van der Waals surface area contributed by atoms with Crippen molar-refractivity contribution in [3.63, 3.8) is 0 Å². The van der Waals surface area contributed by atoms with E-state index < -0.39 is 7.25 Å². The molecule has 1 fully saturated rings. The number of hydrogen-bond acceptors (Lipinski definition) is 2. The van der Waals surface area contributed by atoms with Gasteiger partial charge in [-0.2, -0.15) is 4.79 Å². The Kier molecular flexibility index (Phi) is 5.78. The van der Waals surface area contributed by atoms with Crippen molar-refractivity contribution in [2.45, 2.75) is 6.42 Å². The van der Waals surface area contributed by atoms with Crippen LogP contribution in [0.25, 0.3) is 5.53 Å². The summed E-state index contributed by atoms with van der Waals surface area (Å²) < 4.78 is 44.3. The second-order valence-corrected chi connectivity index (χ2v) is 3.85. The molecule has 4 nitrogen and oxygen atoms in total. The summed E-state index contributed by atoms with van der Waals surface area (Å²) in [7, 11) is -6.00. The number of allylic oxidation sites excluding steroid dienone is 3. The van der Waals surface area contributed by atoms with Crippen LogP contribution in [0.3, 0.4) is 0 Å². The van der Waals surface area contributed by atoms with E-state index in [4.69, 9.17) is 10.3 Å². The van der Waals surface area contributed by atoms with E-state index in [1.165, 1.54) is 5.70 Å². The molecule has 1 heterocycles. The molecule has 0 aromatic carbocycles. The van der Waals surface area contributed by atoms with Gasteiger partial charge in [-0.25, -0.2) is 0 Å². The van der Waals surface area contributed by atoms with Gasteiger partial charge in [0.1, 0.15) is 0 Å². The molecule has 1 aliphatic carbocycles. The molecule has 0 amide bonds. The van der Waals surface area contributed by atoms with Crippen molar-refractivity contribution >= 4 is 13.0 Å². The largest absolute Gasteiger partial charge is 0.673 e. The van der Waals surface area contributed by atoms with Crippen LogP contribution in [-0.4, -0.2) is 49.0 Å². The molecule has 106 valence electrons. The number of morpholine rings is 1. The van der Waals surface area contributed by atoms with Gasteiger partial charge in [0.2, 0.25) is 0 Å². The lowest BCUT2D eigenvalue weighted by atomic mass is 10.1. The molecule has 0 spiro atoms. The van der Waals surface area contributed by atoms with Crippen molar-refractivity contribution < 1.29 is 26.8 Å². The number of halogens is 4. The summed E-state index contributed by atoms with van der Waals surface area (Å²) in [4.78, 5) is 5.46. The summed E-state index contributed by atoms with van der Waals surface area (Å²) in [5.41, 5.74) is 10.5. The van der Waals surface area contributed by atoms with Crippen LogP contribution in [0.15, 0.2) is 23.9 Å². The van der Waals surface area contributed by atoms with E-state index >= 15 is 0 Å². The minimum Gasteiger partial charge on any atom is -0.418 e. The standard InChI is InChI=1S/C10H13N3O.BF4/c11-12-9-1-3-10(4-2-9)13-5-7-14-8-6-13;2-1(3,4)5/h1,3-4H,2,5-8H2;/q;-1. The minimum absolute atomic E-state index is 0.708. The van der Waals surface area contributed by atoms with Gasteiger partial charge >= 0.3 is 7.25 Å². The van der Waals surface area contributed by atoms with E-state index in [-0.39, 0.29) is 0 Å². The van der Waals surface area contributed by atoms with E-state index in [1.54, 1.807) is 0 Å². The van der Waals surface area contributed by atoms with E-state index in [0.717, 1.165) is 26.3 Å². The van der Waals surface area contributed by atoms with Crippen LogP contribution in [0.4, 0.5) is 17.3 Å². The van der Waals surface area contributed by atoms with Gasteiger partial charge in [-0.05, 0) is 12.2 Å². The SMILES string of the molecule is F[B-](F)(F)F.[N-]=[N+]=C1C=CC(N2CCOCC2)=CC1. The molecular formula is C10H13BF4N3O-. The molecule has 0 N–H and O–H groups in total. The molecule has 0 aromatic heterocycles. The molecule has 0 bridgehead atoms. The Morgan fingerprint density at radius 2 is 1.74 bits per heavy atom. The van der Waals surface area contributed by atoms with Crippen molar-refractivity contribution in [2.24, 2.45) is 0 Å².